The molecule has 0 fully saturated rings. The number of nitriles is 1. The second kappa shape index (κ2) is 5.29. The van der Waals surface area contributed by atoms with Gasteiger partial charge in [-0.25, -0.2) is 4.79 Å². The Morgan fingerprint density at radius 2 is 1.94 bits per heavy atom. The molecule has 0 unspecified atom stereocenters. The lowest BCUT2D eigenvalue weighted by atomic mass is 10.3. The number of anilines is 1. The molecule has 7 nitrogen and oxygen atoms in total. The van der Waals surface area contributed by atoms with Crippen molar-refractivity contribution < 1.29 is 17.8 Å². The number of nitrogens with zero attached hydrogens (tertiary/aromatic N) is 1. The zero-order valence-corrected chi connectivity index (χ0v) is 9.36. The van der Waals surface area contributed by atoms with Crippen LogP contribution in [0.5, 0.6) is 0 Å². The molecule has 0 aliphatic carbocycles. The van der Waals surface area contributed by atoms with Crippen LogP contribution in [0.1, 0.15) is 0 Å². The third-order valence-corrected chi connectivity index (χ3v) is 2.61. The van der Waals surface area contributed by atoms with E-state index in [-0.39, 0.29) is 11.4 Å². The molecule has 0 aromatic heterocycles. The van der Waals surface area contributed by atoms with Gasteiger partial charge >= 0.3 is 6.03 Å². The first-order chi connectivity index (χ1) is 7.93. The molecule has 0 saturated carbocycles. The number of urea groups is 1. The van der Waals surface area contributed by atoms with Crippen LogP contribution in [0.15, 0.2) is 29.2 Å². The zero-order chi connectivity index (χ0) is 12.9. The molecule has 0 aliphatic rings. The normalized spacial score (nSPS) is 10.4. The molecule has 1 rings (SSSR count). The fourth-order valence-electron chi connectivity index (χ4n) is 1.01. The lowest BCUT2D eigenvalue weighted by Crippen LogP contribution is -2.28. The average molecular weight is 255 g/mol. The summed E-state index contributed by atoms with van der Waals surface area (Å²) in [5, 5.41) is 12.8. The van der Waals surface area contributed by atoms with Gasteiger partial charge in [-0.05, 0) is 24.3 Å². The summed E-state index contributed by atoms with van der Waals surface area (Å²) >= 11 is 0. The van der Waals surface area contributed by atoms with E-state index < -0.39 is 16.1 Å². The SMILES string of the molecule is N#CCNC(=O)Nc1ccc(S(=O)(=O)O)cc1. The van der Waals surface area contributed by atoms with Crippen LogP contribution in [-0.2, 0) is 10.1 Å². The van der Waals surface area contributed by atoms with E-state index in [2.05, 4.69) is 10.6 Å². The number of nitrogens with one attached hydrogen (secondary N) is 2. The fraction of sp³-hybridized carbons (Fsp3) is 0.111. The van der Waals surface area contributed by atoms with E-state index in [4.69, 9.17) is 9.81 Å². The van der Waals surface area contributed by atoms with Gasteiger partial charge < -0.3 is 10.6 Å². The highest BCUT2D eigenvalue weighted by Crippen LogP contribution is 2.13. The van der Waals surface area contributed by atoms with Gasteiger partial charge in [0.1, 0.15) is 6.54 Å². The van der Waals surface area contributed by atoms with Crippen molar-refractivity contribution in [3.05, 3.63) is 24.3 Å². The summed E-state index contributed by atoms with van der Waals surface area (Å²) in [5.41, 5.74) is 0.341. The van der Waals surface area contributed by atoms with Gasteiger partial charge in [-0.15, -0.1) is 0 Å². The van der Waals surface area contributed by atoms with E-state index in [1.54, 1.807) is 6.07 Å². The molecule has 17 heavy (non-hydrogen) atoms. The van der Waals surface area contributed by atoms with Gasteiger partial charge in [-0.2, -0.15) is 13.7 Å². The molecule has 1 aromatic carbocycles. The number of hydrogen-bond donors (Lipinski definition) is 3. The molecule has 0 saturated heterocycles. The Kier molecular flexibility index (Phi) is 4.03. The highest BCUT2D eigenvalue weighted by molar-refractivity contribution is 7.85. The molecule has 3 N–H and O–H groups in total. The number of benzene rings is 1. The number of amides is 2. The van der Waals surface area contributed by atoms with Crippen LogP contribution in [0.4, 0.5) is 10.5 Å². The number of hydrogen-bond acceptors (Lipinski definition) is 4. The van der Waals surface area contributed by atoms with Crippen molar-refractivity contribution in [3.63, 3.8) is 0 Å². The van der Waals surface area contributed by atoms with Crippen LogP contribution >= 0.6 is 0 Å². The molecule has 0 spiro atoms. The van der Waals surface area contributed by atoms with Gasteiger partial charge in [0.25, 0.3) is 10.1 Å². The van der Waals surface area contributed by atoms with Crippen LogP contribution in [0.25, 0.3) is 0 Å². The van der Waals surface area contributed by atoms with E-state index >= 15 is 0 Å². The van der Waals surface area contributed by atoms with Crippen LogP contribution in [0.2, 0.25) is 0 Å². The minimum atomic E-state index is -4.23. The van der Waals surface area contributed by atoms with Gasteiger partial charge in [0.15, 0.2) is 0 Å². The van der Waals surface area contributed by atoms with Gasteiger partial charge in [0.2, 0.25) is 0 Å². The maximum absolute atomic E-state index is 11.1. The first-order valence-corrected chi connectivity index (χ1v) is 5.87. The Balaban J connectivity index is 2.70. The third kappa shape index (κ3) is 4.10. The summed E-state index contributed by atoms with van der Waals surface area (Å²) < 4.78 is 30.2. The zero-order valence-electron chi connectivity index (χ0n) is 8.54. The maximum Gasteiger partial charge on any atom is 0.320 e. The standard InChI is InChI=1S/C9H9N3O4S/c10-5-6-11-9(13)12-7-1-3-8(4-2-7)17(14,15)16/h1-4H,6H2,(H2,11,12,13)(H,14,15,16). The Bertz CT molecular complexity index is 545. The Labute approximate surface area is 97.8 Å². The Morgan fingerprint density at radius 1 is 1.35 bits per heavy atom. The summed E-state index contributed by atoms with van der Waals surface area (Å²) in [5.74, 6) is 0. The predicted octanol–water partition coefficient (Wildman–Crippen LogP) is 0.578. The van der Waals surface area contributed by atoms with Crippen LogP contribution in [0.3, 0.4) is 0 Å². The van der Waals surface area contributed by atoms with Crippen molar-refractivity contribution in [1.29, 1.82) is 5.26 Å². The second-order valence-electron chi connectivity index (χ2n) is 2.97. The first kappa shape index (κ1) is 13.0. The third-order valence-electron chi connectivity index (χ3n) is 1.74. The Hall–Kier alpha value is -2.11. The molecule has 1 aromatic rings. The maximum atomic E-state index is 11.1. The van der Waals surface area contributed by atoms with E-state index in [9.17, 15) is 13.2 Å². The predicted molar refractivity (Wildman–Crippen MR) is 58.9 cm³/mol. The summed E-state index contributed by atoms with van der Waals surface area (Å²) in [7, 11) is -4.23. The van der Waals surface area contributed by atoms with E-state index in [0.717, 1.165) is 12.1 Å². The van der Waals surface area contributed by atoms with E-state index in [1.807, 2.05) is 0 Å². The summed E-state index contributed by atoms with van der Waals surface area (Å²) in [6.07, 6.45) is 0. The molecule has 0 radical (unpaired) electrons. The van der Waals surface area contributed by atoms with Crippen molar-refractivity contribution >= 4 is 21.8 Å². The lowest BCUT2D eigenvalue weighted by Gasteiger charge is -2.05. The molecule has 0 bridgehead atoms. The number of carbonyl (C=O) groups excluding carboxylic acids is 1. The average Bonchev–Trinajstić information content (AvgIpc) is 2.26. The molecular weight excluding hydrogens is 246 g/mol. The largest absolute Gasteiger partial charge is 0.325 e. The summed E-state index contributed by atoms with van der Waals surface area (Å²) in [6, 6.07) is 6.08. The second-order valence-corrected chi connectivity index (χ2v) is 4.39. The molecular formula is C9H9N3O4S. The smallest absolute Gasteiger partial charge is 0.320 e. The van der Waals surface area contributed by atoms with Crippen molar-refractivity contribution in [1.82, 2.24) is 5.32 Å². The van der Waals surface area contributed by atoms with Gasteiger partial charge in [-0.1, -0.05) is 0 Å². The number of carbonyl (C=O) groups is 1. The molecule has 8 heteroatoms. The molecule has 0 heterocycles. The van der Waals surface area contributed by atoms with Gasteiger partial charge in [-0.3, -0.25) is 4.55 Å². The lowest BCUT2D eigenvalue weighted by molar-refractivity contribution is 0.253. The van der Waals surface area contributed by atoms with Gasteiger partial charge in [0.05, 0.1) is 11.0 Å². The van der Waals surface area contributed by atoms with Crippen LogP contribution in [-0.4, -0.2) is 25.5 Å². The summed E-state index contributed by atoms with van der Waals surface area (Å²) in [6.45, 7) is -0.130. The van der Waals surface area contributed by atoms with Crippen LogP contribution in [0, 0.1) is 11.3 Å². The van der Waals surface area contributed by atoms with Crippen molar-refractivity contribution in [2.24, 2.45) is 0 Å². The fourth-order valence-corrected chi connectivity index (χ4v) is 1.49. The minimum Gasteiger partial charge on any atom is -0.325 e. The monoisotopic (exact) mass is 255 g/mol. The quantitative estimate of drug-likeness (QED) is 0.539. The molecule has 0 atom stereocenters. The van der Waals surface area contributed by atoms with Crippen molar-refractivity contribution in [3.8, 4) is 6.07 Å². The number of rotatable bonds is 3. The molecule has 2 amide bonds. The topological polar surface area (TPSA) is 119 Å². The van der Waals surface area contributed by atoms with E-state index in [0.29, 0.717) is 5.69 Å². The highest BCUT2D eigenvalue weighted by atomic mass is 32.2. The van der Waals surface area contributed by atoms with E-state index in [1.165, 1.54) is 12.1 Å². The highest BCUT2D eigenvalue weighted by Gasteiger charge is 2.08. The molecule has 90 valence electrons. The van der Waals surface area contributed by atoms with Crippen molar-refractivity contribution in [2.45, 2.75) is 4.90 Å². The first-order valence-electron chi connectivity index (χ1n) is 4.43. The minimum absolute atomic E-state index is 0.130. The van der Waals surface area contributed by atoms with Crippen molar-refractivity contribution in [2.75, 3.05) is 11.9 Å². The summed E-state index contributed by atoms with van der Waals surface area (Å²) in [4.78, 5) is 10.8. The Morgan fingerprint density at radius 3 is 2.41 bits per heavy atom. The molecule has 0 aliphatic heterocycles. The van der Waals surface area contributed by atoms with Gasteiger partial charge in [0, 0.05) is 5.69 Å². The van der Waals surface area contributed by atoms with Crippen LogP contribution < -0.4 is 10.6 Å².